The zero-order chi connectivity index (χ0) is 18.5. The lowest BCUT2D eigenvalue weighted by Gasteiger charge is -2.05. The summed E-state index contributed by atoms with van der Waals surface area (Å²) < 4.78 is 12.4. The Morgan fingerprint density at radius 3 is 2.69 bits per heavy atom. The quantitative estimate of drug-likeness (QED) is 0.697. The molecule has 1 N–H and O–H groups in total. The van der Waals surface area contributed by atoms with Gasteiger partial charge in [0, 0.05) is 26.4 Å². The van der Waals surface area contributed by atoms with Crippen molar-refractivity contribution in [3.63, 3.8) is 0 Å². The summed E-state index contributed by atoms with van der Waals surface area (Å²) in [4.78, 5) is 12.0. The molecule has 0 aliphatic heterocycles. The van der Waals surface area contributed by atoms with E-state index in [1.54, 1.807) is 11.8 Å². The number of ether oxygens (including phenoxy) is 1. The minimum absolute atomic E-state index is 0.0723. The Labute approximate surface area is 151 Å². The molecule has 0 radical (unpaired) electrons. The van der Waals surface area contributed by atoms with E-state index in [4.69, 9.17) is 9.15 Å². The molecule has 0 saturated heterocycles. The first-order valence-electron chi connectivity index (χ1n) is 8.28. The second-order valence-corrected chi connectivity index (χ2v) is 5.92. The molecule has 8 heteroatoms. The molecule has 1 amide bonds. The monoisotopic (exact) mass is 355 g/mol. The molecule has 3 aromatic rings. The van der Waals surface area contributed by atoms with Crippen molar-refractivity contribution in [1.82, 2.24) is 25.3 Å². The summed E-state index contributed by atoms with van der Waals surface area (Å²) in [6, 6.07) is 9.43. The average molecular weight is 355 g/mol. The predicted octanol–water partition coefficient (Wildman–Crippen LogP) is 2.04. The molecule has 1 aromatic carbocycles. The molecule has 0 saturated carbocycles. The average Bonchev–Trinajstić information content (AvgIpc) is 3.24. The lowest BCUT2D eigenvalue weighted by atomic mass is 10.2. The summed E-state index contributed by atoms with van der Waals surface area (Å²) >= 11 is 0. The lowest BCUT2D eigenvalue weighted by Crippen LogP contribution is -2.23. The van der Waals surface area contributed by atoms with E-state index in [1.807, 2.05) is 44.3 Å². The van der Waals surface area contributed by atoms with E-state index in [0.29, 0.717) is 24.7 Å². The molecule has 2 aromatic heterocycles. The highest BCUT2D eigenvalue weighted by molar-refractivity contribution is 5.76. The van der Waals surface area contributed by atoms with Crippen molar-refractivity contribution in [3.8, 4) is 17.3 Å². The van der Waals surface area contributed by atoms with Gasteiger partial charge in [0.1, 0.15) is 11.4 Å². The van der Waals surface area contributed by atoms with Crippen LogP contribution >= 0.6 is 0 Å². The zero-order valence-corrected chi connectivity index (χ0v) is 15.0. The van der Waals surface area contributed by atoms with Gasteiger partial charge in [-0.15, -0.1) is 10.2 Å². The minimum Gasteiger partial charge on any atom is -0.497 e. The highest BCUT2D eigenvalue weighted by Crippen LogP contribution is 2.18. The highest BCUT2D eigenvalue weighted by Gasteiger charge is 2.14. The van der Waals surface area contributed by atoms with Crippen LogP contribution in [0.2, 0.25) is 0 Å². The molecule has 2 heterocycles. The Morgan fingerprint density at radius 2 is 2.04 bits per heavy atom. The van der Waals surface area contributed by atoms with Gasteiger partial charge in [0.15, 0.2) is 0 Å². The Kier molecular flexibility index (Phi) is 5.31. The number of nitrogens with one attached hydrogen (secondary N) is 1. The summed E-state index contributed by atoms with van der Waals surface area (Å²) in [6.07, 6.45) is 0.667. The number of rotatable bonds is 7. The number of hydrogen-bond donors (Lipinski definition) is 1. The fraction of sp³-hybridized carbons (Fsp3) is 0.333. The number of benzene rings is 1. The fourth-order valence-corrected chi connectivity index (χ4v) is 2.52. The van der Waals surface area contributed by atoms with Crippen molar-refractivity contribution >= 4 is 5.91 Å². The molecule has 0 aliphatic carbocycles. The van der Waals surface area contributed by atoms with Crippen LogP contribution in [0.25, 0.3) is 11.6 Å². The van der Waals surface area contributed by atoms with Crippen LogP contribution in [0, 0.1) is 6.92 Å². The largest absolute Gasteiger partial charge is 0.497 e. The van der Waals surface area contributed by atoms with Crippen molar-refractivity contribution < 1.29 is 13.9 Å². The molecular weight excluding hydrogens is 334 g/mol. The first-order chi connectivity index (χ1) is 12.5. The van der Waals surface area contributed by atoms with E-state index in [0.717, 1.165) is 22.7 Å². The van der Waals surface area contributed by atoms with Gasteiger partial charge in [-0.05, 0) is 30.7 Å². The maximum atomic E-state index is 12.0. The van der Waals surface area contributed by atoms with Crippen LogP contribution in [-0.4, -0.2) is 33.0 Å². The van der Waals surface area contributed by atoms with Gasteiger partial charge >= 0.3 is 0 Å². The number of hydrogen-bond acceptors (Lipinski definition) is 6. The van der Waals surface area contributed by atoms with Gasteiger partial charge in [-0.2, -0.15) is 5.10 Å². The van der Waals surface area contributed by atoms with Gasteiger partial charge < -0.3 is 14.5 Å². The molecule has 0 bridgehead atoms. The summed E-state index contributed by atoms with van der Waals surface area (Å²) in [7, 11) is 3.44. The number of aromatic nitrogens is 4. The molecule has 0 fully saturated rings. The van der Waals surface area contributed by atoms with E-state index in [2.05, 4.69) is 20.6 Å². The Bertz CT molecular complexity index is 883. The Hall–Kier alpha value is -3.16. The van der Waals surface area contributed by atoms with E-state index in [1.165, 1.54) is 0 Å². The van der Waals surface area contributed by atoms with Crippen LogP contribution in [0.4, 0.5) is 0 Å². The molecule has 26 heavy (non-hydrogen) atoms. The van der Waals surface area contributed by atoms with Gasteiger partial charge in [0.25, 0.3) is 5.89 Å². The highest BCUT2D eigenvalue weighted by atomic mass is 16.5. The number of aryl methyl sites for hydroxylation is 3. The standard InChI is InChI=1S/C18H21N5O3/c1-12-10-15(23(2)22-12)18-21-20-17(26-18)9-8-16(24)19-11-13-4-6-14(25-3)7-5-13/h4-7,10H,8-9,11H2,1-3H3,(H,19,24). The van der Waals surface area contributed by atoms with E-state index in [-0.39, 0.29) is 12.3 Å². The second kappa shape index (κ2) is 7.81. The van der Waals surface area contributed by atoms with E-state index in [9.17, 15) is 4.79 Å². The summed E-state index contributed by atoms with van der Waals surface area (Å²) in [6.45, 7) is 2.36. The van der Waals surface area contributed by atoms with Crippen LogP contribution in [0.15, 0.2) is 34.7 Å². The molecule has 8 nitrogen and oxygen atoms in total. The van der Waals surface area contributed by atoms with E-state index < -0.39 is 0 Å². The third-order valence-corrected chi connectivity index (χ3v) is 3.90. The number of nitrogens with zero attached hydrogens (tertiary/aromatic N) is 4. The van der Waals surface area contributed by atoms with Gasteiger partial charge in [-0.3, -0.25) is 9.48 Å². The zero-order valence-electron chi connectivity index (χ0n) is 15.0. The van der Waals surface area contributed by atoms with Crippen LogP contribution in [0.1, 0.15) is 23.6 Å². The second-order valence-electron chi connectivity index (χ2n) is 5.92. The van der Waals surface area contributed by atoms with Crippen LogP contribution in [-0.2, 0) is 24.8 Å². The summed E-state index contributed by atoms with van der Waals surface area (Å²) in [5.41, 5.74) is 2.64. The number of amides is 1. The number of carbonyl (C=O) groups excluding carboxylic acids is 1. The van der Waals surface area contributed by atoms with E-state index >= 15 is 0 Å². The van der Waals surface area contributed by atoms with Gasteiger partial charge in [-0.1, -0.05) is 12.1 Å². The summed E-state index contributed by atoms with van der Waals surface area (Å²) in [5, 5.41) is 15.2. The summed E-state index contributed by atoms with van der Waals surface area (Å²) in [5.74, 6) is 1.55. The Morgan fingerprint density at radius 1 is 1.27 bits per heavy atom. The molecule has 0 spiro atoms. The van der Waals surface area contributed by atoms with Crippen molar-refractivity contribution in [2.45, 2.75) is 26.3 Å². The smallest absolute Gasteiger partial charge is 0.265 e. The van der Waals surface area contributed by atoms with Crippen molar-refractivity contribution in [3.05, 3.63) is 47.5 Å². The number of carbonyl (C=O) groups is 1. The SMILES string of the molecule is COc1ccc(CNC(=O)CCc2nnc(-c3cc(C)nn3C)o2)cc1. The van der Waals surface area contributed by atoms with Gasteiger partial charge in [-0.25, -0.2) is 0 Å². The molecular formula is C18H21N5O3. The van der Waals surface area contributed by atoms with Crippen LogP contribution < -0.4 is 10.1 Å². The molecule has 3 rings (SSSR count). The lowest BCUT2D eigenvalue weighted by molar-refractivity contribution is -0.121. The topological polar surface area (TPSA) is 95.1 Å². The first kappa shape index (κ1) is 17.7. The molecule has 0 aliphatic rings. The first-order valence-corrected chi connectivity index (χ1v) is 8.28. The predicted molar refractivity (Wildman–Crippen MR) is 94.4 cm³/mol. The van der Waals surface area contributed by atoms with Crippen molar-refractivity contribution in [2.24, 2.45) is 7.05 Å². The Balaban J connectivity index is 1.49. The number of methoxy groups -OCH3 is 1. The molecule has 0 atom stereocenters. The minimum atomic E-state index is -0.0723. The van der Waals surface area contributed by atoms with Crippen molar-refractivity contribution in [1.29, 1.82) is 0 Å². The molecule has 136 valence electrons. The normalized spacial score (nSPS) is 10.7. The third kappa shape index (κ3) is 4.27. The third-order valence-electron chi connectivity index (χ3n) is 3.90. The van der Waals surface area contributed by atoms with Gasteiger partial charge in [0.05, 0.1) is 12.8 Å². The fourth-order valence-electron chi connectivity index (χ4n) is 2.52. The van der Waals surface area contributed by atoms with Crippen molar-refractivity contribution in [2.75, 3.05) is 7.11 Å². The van der Waals surface area contributed by atoms with Crippen LogP contribution in [0.3, 0.4) is 0 Å². The molecule has 0 unspecified atom stereocenters. The van der Waals surface area contributed by atoms with Crippen LogP contribution in [0.5, 0.6) is 5.75 Å². The maximum Gasteiger partial charge on any atom is 0.265 e. The maximum absolute atomic E-state index is 12.0. The van der Waals surface area contributed by atoms with Gasteiger partial charge in [0.2, 0.25) is 11.8 Å².